The van der Waals surface area contributed by atoms with E-state index in [1.165, 1.54) is 0 Å². The van der Waals surface area contributed by atoms with Crippen molar-refractivity contribution in [2.24, 2.45) is 0 Å². The number of anilines is 1. The molecule has 1 aromatic carbocycles. The molecule has 0 aliphatic carbocycles. The van der Waals surface area contributed by atoms with Crippen LogP contribution in [0.25, 0.3) is 0 Å². The highest BCUT2D eigenvalue weighted by Gasteiger charge is 2.03. The molecule has 0 aromatic heterocycles. The second-order valence-electron chi connectivity index (χ2n) is 3.50. The minimum Gasteiger partial charge on any atom is -0.497 e. The molecule has 0 bridgehead atoms. The number of rotatable bonds is 7. The maximum absolute atomic E-state index is 8.97. The normalized spacial score (nSPS) is 9.71. The SMILES string of the molecule is CCOCCCNc1cc(OC)ccc1C#N. The zero-order valence-electron chi connectivity index (χ0n) is 10.3. The van der Waals surface area contributed by atoms with Gasteiger partial charge in [-0.25, -0.2) is 0 Å². The molecule has 4 nitrogen and oxygen atoms in total. The van der Waals surface area contributed by atoms with Crippen LogP contribution in [-0.4, -0.2) is 26.9 Å². The molecule has 0 unspecified atom stereocenters. The van der Waals surface area contributed by atoms with E-state index in [1.54, 1.807) is 19.2 Å². The summed E-state index contributed by atoms with van der Waals surface area (Å²) >= 11 is 0. The van der Waals surface area contributed by atoms with Crippen LogP contribution >= 0.6 is 0 Å². The number of hydrogen-bond acceptors (Lipinski definition) is 4. The van der Waals surface area contributed by atoms with Crippen molar-refractivity contribution in [3.63, 3.8) is 0 Å². The minimum atomic E-state index is 0.627. The smallest absolute Gasteiger partial charge is 0.121 e. The molecule has 0 radical (unpaired) electrons. The summed E-state index contributed by atoms with van der Waals surface area (Å²) in [4.78, 5) is 0. The molecule has 0 heterocycles. The Labute approximate surface area is 102 Å². The van der Waals surface area contributed by atoms with Crippen molar-refractivity contribution >= 4 is 5.69 Å². The highest BCUT2D eigenvalue weighted by molar-refractivity contribution is 5.60. The largest absolute Gasteiger partial charge is 0.497 e. The Kier molecular flexibility index (Phi) is 5.91. The van der Waals surface area contributed by atoms with Crippen molar-refractivity contribution in [2.75, 3.05) is 32.2 Å². The van der Waals surface area contributed by atoms with Crippen LogP contribution in [0.3, 0.4) is 0 Å². The number of hydrogen-bond donors (Lipinski definition) is 1. The van der Waals surface area contributed by atoms with E-state index < -0.39 is 0 Å². The Hall–Kier alpha value is -1.73. The number of methoxy groups -OCH3 is 1. The lowest BCUT2D eigenvalue weighted by atomic mass is 10.2. The number of nitrogens with one attached hydrogen (secondary N) is 1. The summed E-state index contributed by atoms with van der Waals surface area (Å²) in [5, 5.41) is 12.2. The number of nitriles is 1. The Morgan fingerprint density at radius 2 is 2.24 bits per heavy atom. The second-order valence-corrected chi connectivity index (χ2v) is 3.50. The lowest BCUT2D eigenvalue weighted by Gasteiger charge is -2.09. The van der Waals surface area contributed by atoms with Crippen molar-refractivity contribution < 1.29 is 9.47 Å². The molecule has 1 N–H and O–H groups in total. The van der Waals surface area contributed by atoms with Crippen LogP contribution < -0.4 is 10.1 Å². The van der Waals surface area contributed by atoms with Gasteiger partial charge in [0.15, 0.2) is 0 Å². The lowest BCUT2D eigenvalue weighted by Crippen LogP contribution is -2.07. The third-order valence-corrected chi connectivity index (χ3v) is 2.33. The third kappa shape index (κ3) is 4.33. The Balaban J connectivity index is 2.53. The first-order valence-corrected chi connectivity index (χ1v) is 5.71. The molecule has 0 saturated heterocycles. The van der Waals surface area contributed by atoms with Gasteiger partial charge < -0.3 is 14.8 Å². The van der Waals surface area contributed by atoms with Crippen molar-refractivity contribution in [3.05, 3.63) is 23.8 Å². The van der Waals surface area contributed by atoms with Crippen LogP contribution in [0.4, 0.5) is 5.69 Å². The van der Waals surface area contributed by atoms with Crippen LogP contribution in [0.1, 0.15) is 18.9 Å². The fourth-order valence-corrected chi connectivity index (χ4v) is 1.44. The van der Waals surface area contributed by atoms with Crippen molar-refractivity contribution in [1.29, 1.82) is 5.26 Å². The quantitative estimate of drug-likeness (QED) is 0.736. The molecule has 1 rings (SSSR count). The number of nitrogens with zero attached hydrogens (tertiary/aromatic N) is 1. The van der Waals surface area contributed by atoms with Gasteiger partial charge in [0.2, 0.25) is 0 Å². The molecule has 0 amide bonds. The fourth-order valence-electron chi connectivity index (χ4n) is 1.44. The van der Waals surface area contributed by atoms with Gasteiger partial charge in [-0.2, -0.15) is 5.26 Å². The monoisotopic (exact) mass is 234 g/mol. The summed E-state index contributed by atoms with van der Waals surface area (Å²) < 4.78 is 10.4. The van der Waals surface area contributed by atoms with Gasteiger partial charge in [0.25, 0.3) is 0 Å². The summed E-state index contributed by atoms with van der Waals surface area (Å²) in [6.45, 7) is 4.23. The molecule has 0 atom stereocenters. The second kappa shape index (κ2) is 7.53. The van der Waals surface area contributed by atoms with Crippen molar-refractivity contribution in [3.8, 4) is 11.8 Å². The van der Waals surface area contributed by atoms with E-state index in [2.05, 4.69) is 11.4 Å². The summed E-state index contributed by atoms with van der Waals surface area (Å²) in [7, 11) is 1.61. The zero-order valence-corrected chi connectivity index (χ0v) is 10.3. The first kappa shape index (κ1) is 13.3. The van der Waals surface area contributed by atoms with Crippen molar-refractivity contribution in [2.45, 2.75) is 13.3 Å². The maximum atomic E-state index is 8.97. The Bertz CT molecular complexity index is 385. The van der Waals surface area contributed by atoms with Crippen LogP contribution in [0.5, 0.6) is 5.75 Å². The topological polar surface area (TPSA) is 54.3 Å². The third-order valence-electron chi connectivity index (χ3n) is 2.33. The van der Waals surface area contributed by atoms with Crippen LogP contribution in [0.15, 0.2) is 18.2 Å². The van der Waals surface area contributed by atoms with Gasteiger partial charge >= 0.3 is 0 Å². The van der Waals surface area contributed by atoms with Gasteiger partial charge in [-0.15, -0.1) is 0 Å². The summed E-state index contributed by atoms with van der Waals surface area (Å²) in [6.07, 6.45) is 0.913. The van der Waals surface area contributed by atoms with Crippen LogP contribution in [0.2, 0.25) is 0 Å². The number of ether oxygens (including phenoxy) is 2. The number of benzene rings is 1. The Morgan fingerprint density at radius 1 is 1.41 bits per heavy atom. The van der Waals surface area contributed by atoms with E-state index in [4.69, 9.17) is 14.7 Å². The van der Waals surface area contributed by atoms with E-state index in [0.717, 1.165) is 37.6 Å². The van der Waals surface area contributed by atoms with Gasteiger partial charge in [-0.3, -0.25) is 0 Å². The first-order valence-electron chi connectivity index (χ1n) is 5.71. The van der Waals surface area contributed by atoms with Crippen LogP contribution in [-0.2, 0) is 4.74 Å². The molecule has 1 aromatic rings. The molecule has 0 fully saturated rings. The Morgan fingerprint density at radius 3 is 2.88 bits per heavy atom. The highest BCUT2D eigenvalue weighted by atomic mass is 16.5. The highest BCUT2D eigenvalue weighted by Crippen LogP contribution is 2.21. The summed E-state index contributed by atoms with van der Waals surface area (Å²) in [6, 6.07) is 7.52. The zero-order chi connectivity index (χ0) is 12.5. The van der Waals surface area contributed by atoms with Gasteiger partial charge in [-0.05, 0) is 25.5 Å². The van der Waals surface area contributed by atoms with Gasteiger partial charge in [0.1, 0.15) is 11.8 Å². The average molecular weight is 234 g/mol. The summed E-state index contributed by atoms with van der Waals surface area (Å²) in [5.74, 6) is 0.747. The molecule has 17 heavy (non-hydrogen) atoms. The predicted octanol–water partition coefficient (Wildman–Crippen LogP) is 2.41. The van der Waals surface area contributed by atoms with Gasteiger partial charge in [-0.1, -0.05) is 0 Å². The van der Waals surface area contributed by atoms with E-state index >= 15 is 0 Å². The average Bonchev–Trinajstić information content (AvgIpc) is 2.38. The van der Waals surface area contributed by atoms with E-state index in [1.807, 2.05) is 13.0 Å². The first-order chi connectivity index (χ1) is 8.31. The van der Waals surface area contributed by atoms with Gasteiger partial charge in [0.05, 0.1) is 18.4 Å². The molecule has 92 valence electrons. The minimum absolute atomic E-state index is 0.627. The molecule has 0 spiro atoms. The van der Waals surface area contributed by atoms with Crippen LogP contribution in [0, 0.1) is 11.3 Å². The molecule has 0 aliphatic heterocycles. The van der Waals surface area contributed by atoms with E-state index in [-0.39, 0.29) is 0 Å². The van der Waals surface area contributed by atoms with Crippen molar-refractivity contribution in [1.82, 2.24) is 0 Å². The standard InChI is InChI=1S/C13H18N2O2/c1-3-17-8-4-7-15-13-9-12(16-2)6-5-11(13)10-14/h5-6,9,15H,3-4,7-8H2,1-2H3. The summed E-state index contributed by atoms with van der Waals surface area (Å²) in [5.41, 5.74) is 1.44. The molecular weight excluding hydrogens is 216 g/mol. The van der Waals surface area contributed by atoms with Gasteiger partial charge in [0, 0.05) is 25.8 Å². The lowest BCUT2D eigenvalue weighted by molar-refractivity contribution is 0.147. The molecular formula is C13H18N2O2. The fraction of sp³-hybridized carbons (Fsp3) is 0.462. The van der Waals surface area contributed by atoms with E-state index in [0.29, 0.717) is 5.56 Å². The molecule has 4 heteroatoms. The predicted molar refractivity (Wildman–Crippen MR) is 67.3 cm³/mol. The molecule has 0 aliphatic rings. The molecule has 0 saturated carbocycles. The maximum Gasteiger partial charge on any atom is 0.121 e. The van der Waals surface area contributed by atoms with E-state index in [9.17, 15) is 0 Å².